The van der Waals surface area contributed by atoms with Gasteiger partial charge < -0.3 is 5.32 Å². The van der Waals surface area contributed by atoms with E-state index in [0.717, 1.165) is 31.1 Å². The number of carbonyl (C=O) groups excluding carboxylic acids is 1. The molecule has 0 radical (unpaired) electrons. The summed E-state index contributed by atoms with van der Waals surface area (Å²) in [4.78, 5) is 15.9. The van der Waals surface area contributed by atoms with E-state index in [0.29, 0.717) is 17.5 Å². The van der Waals surface area contributed by atoms with Crippen molar-refractivity contribution in [2.24, 2.45) is 0 Å². The van der Waals surface area contributed by atoms with E-state index in [2.05, 4.69) is 44.9 Å². The van der Waals surface area contributed by atoms with Gasteiger partial charge in [-0.1, -0.05) is 17.4 Å². The minimum atomic E-state index is 0.0297. The molecule has 1 fully saturated rings. The first-order chi connectivity index (χ1) is 12.2. The molecule has 0 unspecified atom stereocenters. The van der Waals surface area contributed by atoms with E-state index < -0.39 is 0 Å². The van der Waals surface area contributed by atoms with Gasteiger partial charge in [0.05, 0.1) is 0 Å². The van der Waals surface area contributed by atoms with Crippen molar-refractivity contribution < 1.29 is 4.79 Å². The molecule has 1 aliphatic carbocycles. The molecule has 4 rings (SSSR count). The summed E-state index contributed by atoms with van der Waals surface area (Å²) in [5.41, 5.74) is 2.84. The van der Waals surface area contributed by atoms with Crippen molar-refractivity contribution in [1.29, 1.82) is 0 Å². The molecule has 2 aromatic rings. The van der Waals surface area contributed by atoms with Gasteiger partial charge in [-0.3, -0.25) is 9.69 Å². The summed E-state index contributed by atoms with van der Waals surface area (Å²) in [5.74, 6) is 0.616. The molecule has 1 aromatic heterocycles. The molecular formula is C18H22N4OS2. The summed E-state index contributed by atoms with van der Waals surface area (Å²) in [7, 11) is 0. The average Bonchev–Trinajstić information content (AvgIpc) is 3.39. The fraction of sp³-hybridized carbons (Fsp3) is 0.500. The quantitative estimate of drug-likeness (QED) is 0.784. The van der Waals surface area contributed by atoms with Gasteiger partial charge in [0.2, 0.25) is 11.0 Å². The van der Waals surface area contributed by atoms with Crippen molar-refractivity contribution in [3.8, 4) is 0 Å². The van der Waals surface area contributed by atoms with E-state index >= 15 is 0 Å². The van der Waals surface area contributed by atoms with Crippen LogP contribution >= 0.6 is 23.1 Å². The van der Waals surface area contributed by atoms with Crippen LogP contribution in [0.15, 0.2) is 23.1 Å². The van der Waals surface area contributed by atoms with Crippen LogP contribution < -0.4 is 5.32 Å². The Morgan fingerprint density at radius 2 is 2.24 bits per heavy atom. The molecule has 5 nitrogen and oxygen atoms in total. The highest BCUT2D eigenvalue weighted by Crippen LogP contribution is 2.42. The Morgan fingerprint density at radius 1 is 1.36 bits per heavy atom. The Morgan fingerprint density at radius 3 is 3.04 bits per heavy atom. The van der Waals surface area contributed by atoms with Crippen LogP contribution in [0.4, 0.5) is 5.13 Å². The van der Waals surface area contributed by atoms with Crippen LogP contribution in [-0.2, 0) is 17.8 Å². The second-order valence-corrected chi connectivity index (χ2v) is 8.57. The molecule has 0 spiro atoms. The van der Waals surface area contributed by atoms with E-state index in [1.807, 2.05) is 0 Å². The average molecular weight is 375 g/mol. The number of anilines is 1. The predicted molar refractivity (Wildman–Crippen MR) is 102 cm³/mol. The Labute approximate surface area is 156 Å². The number of carbonyl (C=O) groups is 1. The van der Waals surface area contributed by atoms with E-state index in [9.17, 15) is 4.79 Å². The van der Waals surface area contributed by atoms with Crippen LogP contribution in [0.25, 0.3) is 0 Å². The molecule has 1 saturated carbocycles. The van der Waals surface area contributed by atoms with Gasteiger partial charge in [-0.05, 0) is 48.8 Å². The van der Waals surface area contributed by atoms with E-state index in [4.69, 9.17) is 0 Å². The number of aromatic nitrogens is 2. The molecular weight excluding hydrogens is 352 g/mol. The molecule has 2 aliphatic rings. The maximum atomic E-state index is 12.2. The molecule has 0 atom stereocenters. The van der Waals surface area contributed by atoms with Crippen molar-refractivity contribution in [1.82, 2.24) is 15.1 Å². The van der Waals surface area contributed by atoms with Gasteiger partial charge >= 0.3 is 0 Å². The summed E-state index contributed by atoms with van der Waals surface area (Å²) in [5, 5.41) is 12.8. The zero-order valence-electron chi connectivity index (χ0n) is 14.3. The Kier molecular flexibility index (Phi) is 5.05. The first kappa shape index (κ1) is 17.0. The number of nitrogens with one attached hydrogen (secondary N) is 1. The standard InChI is InChI=1S/C18H22N4OS2/c1-24-15-5-4-14-11-22(8-6-13(14)10-15)9-7-16(23)19-18-21-20-17(25-18)12-2-3-12/h4-5,10,12H,2-3,6-9,11H2,1H3,(H,19,21,23). The lowest BCUT2D eigenvalue weighted by Crippen LogP contribution is -2.33. The Balaban J connectivity index is 1.27. The number of amides is 1. The van der Waals surface area contributed by atoms with E-state index in [1.165, 1.54) is 40.2 Å². The van der Waals surface area contributed by atoms with Gasteiger partial charge in [-0.25, -0.2) is 0 Å². The smallest absolute Gasteiger partial charge is 0.227 e. The number of fused-ring (bicyclic) bond motifs is 1. The minimum absolute atomic E-state index is 0.0297. The molecule has 2 heterocycles. The summed E-state index contributed by atoms with van der Waals surface area (Å²) in [6, 6.07) is 6.72. The highest BCUT2D eigenvalue weighted by Gasteiger charge is 2.27. The topological polar surface area (TPSA) is 58.1 Å². The van der Waals surface area contributed by atoms with Crippen molar-refractivity contribution >= 4 is 34.1 Å². The van der Waals surface area contributed by atoms with Crippen molar-refractivity contribution in [3.05, 3.63) is 34.3 Å². The van der Waals surface area contributed by atoms with Gasteiger partial charge in [0.15, 0.2) is 0 Å². The molecule has 7 heteroatoms. The van der Waals surface area contributed by atoms with Crippen molar-refractivity contribution in [3.63, 3.8) is 0 Å². The fourth-order valence-corrected chi connectivity index (χ4v) is 4.52. The van der Waals surface area contributed by atoms with E-state index in [-0.39, 0.29) is 5.91 Å². The van der Waals surface area contributed by atoms with Gasteiger partial charge in [-0.15, -0.1) is 22.0 Å². The zero-order chi connectivity index (χ0) is 17.2. The Hall–Kier alpha value is -1.44. The van der Waals surface area contributed by atoms with Gasteiger partial charge in [0.25, 0.3) is 0 Å². The summed E-state index contributed by atoms with van der Waals surface area (Å²) >= 11 is 3.31. The number of thioether (sulfide) groups is 1. The third-order valence-electron chi connectivity index (χ3n) is 4.77. The second-order valence-electron chi connectivity index (χ2n) is 6.68. The number of nitrogens with zero attached hydrogens (tertiary/aromatic N) is 3. The molecule has 0 saturated heterocycles. The molecule has 0 bridgehead atoms. The van der Waals surface area contributed by atoms with Crippen LogP contribution in [0.2, 0.25) is 0 Å². The van der Waals surface area contributed by atoms with Crippen LogP contribution in [-0.4, -0.2) is 40.3 Å². The summed E-state index contributed by atoms with van der Waals surface area (Å²) in [6.45, 7) is 2.73. The van der Waals surface area contributed by atoms with Gasteiger partial charge in [-0.2, -0.15) is 0 Å². The largest absolute Gasteiger partial charge is 0.300 e. The fourth-order valence-electron chi connectivity index (χ4n) is 3.13. The van der Waals surface area contributed by atoms with Crippen molar-refractivity contribution in [2.45, 2.75) is 43.0 Å². The van der Waals surface area contributed by atoms with Crippen LogP contribution in [0.3, 0.4) is 0 Å². The molecule has 1 N–H and O–H groups in total. The number of benzene rings is 1. The lowest BCUT2D eigenvalue weighted by atomic mass is 10.00. The SMILES string of the molecule is CSc1ccc2c(c1)CCN(CCC(=O)Nc1nnc(C3CC3)s1)C2. The molecule has 1 amide bonds. The number of rotatable bonds is 6. The maximum Gasteiger partial charge on any atom is 0.227 e. The first-order valence-electron chi connectivity index (χ1n) is 8.72. The zero-order valence-corrected chi connectivity index (χ0v) is 16.0. The Bertz CT molecular complexity index is 772. The minimum Gasteiger partial charge on any atom is -0.300 e. The molecule has 1 aromatic carbocycles. The lowest BCUT2D eigenvalue weighted by molar-refractivity contribution is -0.116. The predicted octanol–water partition coefficient (Wildman–Crippen LogP) is 3.52. The summed E-state index contributed by atoms with van der Waals surface area (Å²) in [6.07, 6.45) is 6.08. The van der Waals surface area contributed by atoms with Crippen LogP contribution in [0, 0.1) is 0 Å². The number of hydrogen-bond donors (Lipinski definition) is 1. The van der Waals surface area contributed by atoms with Crippen LogP contribution in [0.5, 0.6) is 0 Å². The first-order valence-corrected chi connectivity index (χ1v) is 10.8. The van der Waals surface area contributed by atoms with Gasteiger partial charge in [0.1, 0.15) is 5.01 Å². The third kappa shape index (κ3) is 4.22. The molecule has 25 heavy (non-hydrogen) atoms. The second kappa shape index (κ2) is 7.43. The van der Waals surface area contributed by atoms with Crippen LogP contribution in [0.1, 0.15) is 41.3 Å². The summed E-state index contributed by atoms with van der Waals surface area (Å²) < 4.78 is 0. The number of hydrogen-bond acceptors (Lipinski definition) is 6. The molecule has 132 valence electrons. The highest BCUT2D eigenvalue weighted by atomic mass is 32.2. The molecule has 1 aliphatic heterocycles. The monoisotopic (exact) mass is 374 g/mol. The normalized spacial score (nSPS) is 17.3. The van der Waals surface area contributed by atoms with Gasteiger partial charge in [0, 0.05) is 36.9 Å². The lowest BCUT2D eigenvalue weighted by Gasteiger charge is -2.28. The van der Waals surface area contributed by atoms with E-state index in [1.54, 1.807) is 11.8 Å². The van der Waals surface area contributed by atoms with Crippen molar-refractivity contribution in [2.75, 3.05) is 24.7 Å². The highest BCUT2D eigenvalue weighted by molar-refractivity contribution is 7.98. The third-order valence-corrected chi connectivity index (χ3v) is 6.50. The maximum absolute atomic E-state index is 12.2.